The number of esters is 4. The number of carbonyl (C=O) groups is 4. The Labute approximate surface area is 626 Å². The Hall–Kier alpha value is -1.94. The van der Waals surface area contributed by atoms with Gasteiger partial charge in [0.2, 0.25) is 0 Å². The maximum atomic E-state index is 13.1. The smallest absolute Gasteiger partial charge is 0.462 e. The number of rotatable bonds is 81. The second kappa shape index (κ2) is 73.2. The number of hydrogen-bond acceptors (Lipinski definition) is 15. The molecule has 5 atom stereocenters. The van der Waals surface area contributed by atoms with Gasteiger partial charge in [0.15, 0.2) is 12.2 Å². The van der Waals surface area contributed by atoms with Crippen molar-refractivity contribution in [2.75, 3.05) is 39.6 Å². The molecule has 3 N–H and O–H groups in total. The van der Waals surface area contributed by atoms with E-state index >= 15 is 0 Å². The van der Waals surface area contributed by atoms with Crippen molar-refractivity contribution < 1.29 is 80.2 Å². The predicted octanol–water partition coefficient (Wildman–Crippen LogP) is 24.9. The lowest BCUT2D eigenvalue weighted by molar-refractivity contribution is -0.161. The number of carbonyl (C=O) groups excluding carboxylic acids is 4. The maximum Gasteiger partial charge on any atom is 0.472 e. The van der Waals surface area contributed by atoms with Crippen LogP contribution < -0.4 is 0 Å². The first-order valence-electron chi connectivity index (χ1n) is 42.8. The Morgan fingerprint density at radius 1 is 0.265 bits per heavy atom. The van der Waals surface area contributed by atoms with Crippen LogP contribution in [0.1, 0.15) is 434 Å². The summed E-state index contributed by atoms with van der Waals surface area (Å²) in [6, 6.07) is 0. The van der Waals surface area contributed by atoms with Crippen molar-refractivity contribution in [3.05, 3.63) is 0 Å². The largest absolute Gasteiger partial charge is 0.472 e. The van der Waals surface area contributed by atoms with E-state index in [1.54, 1.807) is 0 Å². The Morgan fingerprint density at radius 2 is 0.451 bits per heavy atom. The molecule has 0 heterocycles. The number of phosphoric ester groups is 2. The molecule has 0 aliphatic rings. The van der Waals surface area contributed by atoms with Gasteiger partial charge in [-0.25, -0.2) is 9.13 Å². The van der Waals surface area contributed by atoms with Crippen LogP contribution in [0.2, 0.25) is 0 Å². The summed E-state index contributed by atoms with van der Waals surface area (Å²) in [5.41, 5.74) is 0. The van der Waals surface area contributed by atoms with Gasteiger partial charge in [-0.2, -0.15) is 0 Å². The summed E-state index contributed by atoms with van der Waals surface area (Å²) in [5, 5.41) is 10.7. The summed E-state index contributed by atoms with van der Waals surface area (Å²) in [6.07, 6.45) is 62.6. The molecule has 0 aromatic rings. The highest BCUT2D eigenvalue weighted by Gasteiger charge is 2.30. The maximum absolute atomic E-state index is 13.1. The van der Waals surface area contributed by atoms with E-state index in [0.717, 1.165) is 108 Å². The van der Waals surface area contributed by atoms with Crippen LogP contribution in [-0.2, 0) is 65.4 Å². The minimum Gasteiger partial charge on any atom is -0.462 e. The summed E-state index contributed by atoms with van der Waals surface area (Å²) < 4.78 is 68.8. The molecule has 0 aliphatic carbocycles. The van der Waals surface area contributed by atoms with Crippen molar-refractivity contribution in [2.24, 2.45) is 17.8 Å². The van der Waals surface area contributed by atoms with Gasteiger partial charge >= 0.3 is 39.5 Å². The third-order valence-corrected chi connectivity index (χ3v) is 21.3. The first-order valence-corrected chi connectivity index (χ1v) is 45.8. The molecule has 0 saturated heterocycles. The standard InChI is InChI=1S/C83H162O17P2/c1-8-9-10-11-12-13-14-15-16-17-18-19-20-21-26-32-37-44-52-59-66-82(87)99-78(70-93-80(85)64-57-50-43-36-31-25-23-22-24-29-34-40-47-54-61-74(2)3)72-97-101(89,90)95-68-77(84)69-96-102(91,92)98-73-79(71-94-81(86)65-58-51-46-39-42-49-56-63-76(6)7)100-83(88)67-60-53-45-38-33-28-27-30-35-41-48-55-62-75(4)5/h74-79,84H,8-73H2,1-7H3,(H,89,90)(H,91,92)/t77-,78-,79-/m1/s1. The van der Waals surface area contributed by atoms with Crippen molar-refractivity contribution in [3.63, 3.8) is 0 Å². The van der Waals surface area contributed by atoms with E-state index in [9.17, 15) is 43.2 Å². The van der Waals surface area contributed by atoms with Gasteiger partial charge in [0.1, 0.15) is 19.3 Å². The zero-order valence-electron chi connectivity index (χ0n) is 67.1. The SMILES string of the molecule is CCCCCCCCCCCCCCCCCCCCCCC(=O)O[C@H](COC(=O)CCCCCCCCCCCCCCCCC(C)C)COP(=O)(O)OC[C@@H](O)COP(=O)(O)OC[C@@H](COC(=O)CCCCCCCCCC(C)C)OC(=O)CCCCCCCCCCCCCCC(C)C. The van der Waals surface area contributed by atoms with E-state index in [4.69, 9.17) is 37.0 Å². The minimum atomic E-state index is -4.96. The number of unbranched alkanes of at least 4 members (excludes halogenated alkanes) is 49. The molecule has 0 aromatic heterocycles. The lowest BCUT2D eigenvalue weighted by atomic mass is 10.0. The average Bonchev–Trinajstić information content (AvgIpc) is 0.912. The molecule has 19 heteroatoms. The lowest BCUT2D eigenvalue weighted by Gasteiger charge is -2.21. The highest BCUT2D eigenvalue weighted by Crippen LogP contribution is 2.45. The van der Waals surface area contributed by atoms with E-state index in [1.165, 1.54) is 238 Å². The average molecular weight is 1490 g/mol. The molecule has 0 amide bonds. The quantitative estimate of drug-likeness (QED) is 0.0222. The van der Waals surface area contributed by atoms with Crippen LogP contribution in [0.4, 0.5) is 0 Å². The Morgan fingerprint density at radius 3 is 0.667 bits per heavy atom. The van der Waals surface area contributed by atoms with Crippen molar-refractivity contribution in [1.82, 2.24) is 0 Å². The van der Waals surface area contributed by atoms with Crippen molar-refractivity contribution in [1.29, 1.82) is 0 Å². The first kappa shape index (κ1) is 100. The highest BCUT2D eigenvalue weighted by molar-refractivity contribution is 7.47. The molecule has 2 unspecified atom stereocenters. The van der Waals surface area contributed by atoms with Gasteiger partial charge in [0, 0.05) is 25.7 Å². The van der Waals surface area contributed by atoms with E-state index in [2.05, 4.69) is 48.5 Å². The molecule has 0 spiro atoms. The van der Waals surface area contributed by atoms with E-state index in [0.29, 0.717) is 31.6 Å². The second-order valence-electron chi connectivity index (χ2n) is 31.3. The molecule has 0 fully saturated rings. The first-order chi connectivity index (χ1) is 49.2. The van der Waals surface area contributed by atoms with Gasteiger partial charge in [-0.15, -0.1) is 0 Å². The normalized spacial score (nSPS) is 13.9. The fraction of sp³-hybridized carbons (Fsp3) is 0.952. The molecule has 0 rings (SSSR count). The van der Waals surface area contributed by atoms with E-state index < -0.39 is 97.5 Å². The van der Waals surface area contributed by atoms with Crippen LogP contribution in [0.15, 0.2) is 0 Å². The van der Waals surface area contributed by atoms with Gasteiger partial charge in [0.25, 0.3) is 0 Å². The molecule has 0 saturated carbocycles. The van der Waals surface area contributed by atoms with Crippen LogP contribution in [0.3, 0.4) is 0 Å². The van der Waals surface area contributed by atoms with Gasteiger partial charge < -0.3 is 33.8 Å². The molecule has 0 radical (unpaired) electrons. The fourth-order valence-electron chi connectivity index (χ4n) is 12.8. The fourth-order valence-corrected chi connectivity index (χ4v) is 14.4. The molecule has 102 heavy (non-hydrogen) atoms. The summed E-state index contributed by atoms with van der Waals surface area (Å²) in [4.78, 5) is 73.1. The highest BCUT2D eigenvalue weighted by atomic mass is 31.2. The number of phosphoric acid groups is 2. The topological polar surface area (TPSA) is 237 Å². The molecule has 0 bridgehead atoms. The van der Waals surface area contributed by atoms with Gasteiger partial charge in [-0.1, -0.05) is 382 Å². The Balaban J connectivity index is 5.24. The van der Waals surface area contributed by atoms with Crippen LogP contribution in [0.25, 0.3) is 0 Å². The molecular formula is C83H162O17P2. The second-order valence-corrected chi connectivity index (χ2v) is 34.2. The van der Waals surface area contributed by atoms with Crippen molar-refractivity contribution >= 4 is 39.5 Å². The Kier molecular flexibility index (Phi) is 71.8. The third-order valence-electron chi connectivity index (χ3n) is 19.4. The van der Waals surface area contributed by atoms with Crippen LogP contribution in [-0.4, -0.2) is 96.7 Å². The molecule has 0 aromatic carbocycles. The summed E-state index contributed by atoms with van der Waals surface area (Å²) in [7, 11) is -9.92. The predicted molar refractivity (Wildman–Crippen MR) is 418 cm³/mol. The molecule has 606 valence electrons. The van der Waals surface area contributed by atoms with E-state index in [-0.39, 0.29) is 25.7 Å². The number of aliphatic hydroxyl groups excluding tert-OH is 1. The molecule has 17 nitrogen and oxygen atoms in total. The van der Waals surface area contributed by atoms with Crippen LogP contribution in [0.5, 0.6) is 0 Å². The molecular weight excluding hydrogens is 1330 g/mol. The van der Waals surface area contributed by atoms with Gasteiger partial charge in [-0.05, 0) is 43.4 Å². The monoisotopic (exact) mass is 1490 g/mol. The molecule has 0 aliphatic heterocycles. The number of aliphatic hydroxyl groups is 1. The zero-order valence-corrected chi connectivity index (χ0v) is 68.9. The van der Waals surface area contributed by atoms with Crippen molar-refractivity contribution in [2.45, 2.75) is 452 Å². The summed E-state index contributed by atoms with van der Waals surface area (Å²) >= 11 is 0. The third kappa shape index (κ3) is 76.3. The van der Waals surface area contributed by atoms with Gasteiger partial charge in [0.05, 0.1) is 26.4 Å². The van der Waals surface area contributed by atoms with Crippen LogP contribution >= 0.6 is 15.6 Å². The Bertz CT molecular complexity index is 1970. The summed E-state index contributed by atoms with van der Waals surface area (Å²) in [5.74, 6) is 0.171. The number of hydrogen-bond donors (Lipinski definition) is 3. The minimum absolute atomic E-state index is 0.106. The van der Waals surface area contributed by atoms with Gasteiger partial charge in [-0.3, -0.25) is 37.3 Å². The van der Waals surface area contributed by atoms with E-state index in [1.807, 2.05) is 0 Å². The lowest BCUT2D eigenvalue weighted by Crippen LogP contribution is -2.30. The van der Waals surface area contributed by atoms with Crippen molar-refractivity contribution in [3.8, 4) is 0 Å². The number of ether oxygens (including phenoxy) is 4. The van der Waals surface area contributed by atoms with Crippen LogP contribution in [0, 0.1) is 17.8 Å². The zero-order chi connectivity index (χ0) is 75.1. The summed E-state index contributed by atoms with van der Waals surface area (Å²) in [6.45, 7) is 11.9.